The van der Waals surface area contributed by atoms with Gasteiger partial charge < -0.3 is 10.5 Å². The molecule has 0 aliphatic heterocycles. The number of nitrogens with two attached hydrogens (primary N) is 1. The van der Waals surface area contributed by atoms with E-state index >= 15 is 0 Å². The van der Waals surface area contributed by atoms with Crippen molar-refractivity contribution in [2.24, 2.45) is 11.7 Å². The van der Waals surface area contributed by atoms with E-state index in [9.17, 15) is 0 Å². The van der Waals surface area contributed by atoms with E-state index in [1.807, 2.05) is 12.1 Å². The molecule has 84 valence electrons. The van der Waals surface area contributed by atoms with Crippen molar-refractivity contribution in [1.82, 2.24) is 0 Å². The van der Waals surface area contributed by atoms with Crippen molar-refractivity contribution >= 4 is 0 Å². The first-order valence-corrected chi connectivity index (χ1v) is 5.58. The van der Waals surface area contributed by atoms with Crippen molar-refractivity contribution in [3.8, 4) is 0 Å². The Hall–Kier alpha value is -0.860. The standard InChI is InChI=1S/C13H21NO/c1-11(2)6-7-15-10-13-5-3-4-12(8-13)9-14/h3-5,8,11H,6-7,9-10,14H2,1-2H3. The van der Waals surface area contributed by atoms with Crippen LogP contribution in [0.5, 0.6) is 0 Å². The van der Waals surface area contributed by atoms with Crippen LogP contribution in [0, 0.1) is 5.92 Å². The SMILES string of the molecule is CC(C)CCOCc1cccc(CN)c1. The van der Waals surface area contributed by atoms with Gasteiger partial charge in [-0.25, -0.2) is 0 Å². The summed E-state index contributed by atoms with van der Waals surface area (Å²) in [7, 11) is 0. The molecule has 0 spiro atoms. The molecule has 15 heavy (non-hydrogen) atoms. The molecule has 0 saturated carbocycles. The van der Waals surface area contributed by atoms with E-state index in [1.54, 1.807) is 0 Å². The highest BCUT2D eigenvalue weighted by molar-refractivity contribution is 5.22. The van der Waals surface area contributed by atoms with Crippen LogP contribution in [-0.4, -0.2) is 6.61 Å². The second kappa shape index (κ2) is 6.59. The topological polar surface area (TPSA) is 35.2 Å². The zero-order chi connectivity index (χ0) is 11.1. The van der Waals surface area contributed by atoms with Crippen LogP contribution in [0.15, 0.2) is 24.3 Å². The Morgan fingerprint density at radius 2 is 2.00 bits per heavy atom. The van der Waals surface area contributed by atoms with Gasteiger partial charge in [0.25, 0.3) is 0 Å². The van der Waals surface area contributed by atoms with Crippen molar-refractivity contribution in [3.63, 3.8) is 0 Å². The van der Waals surface area contributed by atoms with Crippen LogP contribution in [0.1, 0.15) is 31.4 Å². The molecule has 0 fully saturated rings. The van der Waals surface area contributed by atoms with Gasteiger partial charge in [0.05, 0.1) is 6.61 Å². The highest BCUT2D eigenvalue weighted by Gasteiger charge is 1.97. The molecule has 0 radical (unpaired) electrons. The molecule has 0 amide bonds. The van der Waals surface area contributed by atoms with E-state index < -0.39 is 0 Å². The third kappa shape index (κ3) is 4.96. The first-order chi connectivity index (χ1) is 7.22. The van der Waals surface area contributed by atoms with Gasteiger partial charge in [-0.2, -0.15) is 0 Å². The molecule has 0 heterocycles. The van der Waals surface area contributed by atoms with Crippen LogP contribution in [0.25, 0.3) is 0 Å². The summed E-state index contributed by atoms with van der Waals surface area (Å²) in [6.07, 6.45) is 1.12. The van der Waals surface area contributed by atoms with E-state index in [-0.39, 0.29) is 0 Å². The summed E-state index contributed by atoms with van der Waals surface area (Å²) < 4.78 is 5.59. The summed E-state index contributed by atoms with van der Waals surface area (Å²) in [6, 6.07) is 8.25. The monoisotopic (exact) mass is 207 g/mol. The Balaban J connectivity index is 2.30. The maximum atomic E-state index is 5.59. The summed E-state index contributed by atoms with van der Waals surface area (Å²) in [5.41, 5.74) is 7.95. The van der Waals surface area contributed by atoms with Crippen LogP contribution >= 0.6 is 0 Å². The van der Waals surface area contributed by atoms with E-state index in [4.69, 9.17) is 10.5 Å². The first kappa shape index (κ1) is 12.2. The van der Waals surface area contributed by atoms with Gasteiger partial charge in [-0.3, -0.25) is 0 Å². The Morgan fingerprint density at radius 3 is 2.67 bits per heavy atom. The highest BCUT2D eigenvalue weighted by atomic mass is 16.5. The minimum Gasteiger partial charge on any atom is -0.377 e. The van der Waals surface area contributed by atoms with Gasteiger partial charge >= 0.3 is 0 Å². The fraction of sp³-hybridized carbons (Fsp3) is 0.538. The lowest BCUT2D eigenvalue weighted by Crippen LogP contribution is -2.01. The zero-order valence-electron chi connectivity index (χ0n) is 9.70. The minimum atomic E-state index is 0.597. The third-order valence-corrected chi connectivity index (χ3v) is 2.34. The largest absolute Gasteiger partial charge is 0.377 e. The normalized spacial score (nSPS) is 10.9. The molecule has 0 atom stereocenters. The van der Waals surface area contributed by atoms with E-state index in [1.165, 1.54) is 11.1 Å². The quantitative estimate of drug-likeness (QED) is 0.728. The van der Waals surface area contributed by atoms with Crippen LogP contribution < -0.4 is 5.73 Å². The first-order valence-electron chi connectivity index (χ1n) is 5.58. The molecule has 0 saturated heterocycles. The average Bonchev–Trinajstić information content (AvgIpc) is 2.24. The number of rotatable bonds is 6. The molecular formula is C13H21NO. The molecule has 1 rings (SSSR count). The average molecular weight is 207 g/mol. The van der Waals surface area contributed by atoms with Crippen molar-refractivity contribution in [3.05, 3.63) is 35.4 Å². The van der Waals surface area contributed by atoms with Gasteiger partial charge in [0.2, 0.25) is 0 Å². The second-order valence-corrected chi connectivity index (χ2v) is 4.26. The van der Waals surface area contributed by atoms with Crippen LogP contribution in [0.3, 0.4) is 0 Å². The Bertz CT molecular complexity index is 284. The van der Waals surface area contributed by atoms with Gasteiger partial charge in [0.1, 0.15) is 0 Å². The summed E-state index contributed by atoms with van der Waals surface area (Å²) in [5, 5.41) is 0. The Morgan fingerprint density at radius 1 is 1.27 bits per heavy atom. The van der Waals surface area contributed by atoms with Gasteiger partial charge in [0.15, 0.2) is 0 Å². The predicted molar refractivity (Wildman–Crippen MR) is 63.4 cm³/mol. The Kier molecular flexibility index (Phi) is 5.37. The molecule has 1 aromatic rings. The molecular weight excluding hydrogens is 186 g/mol. The lowest BCUT2D eigenvalue weighted by atomic mass is 10.1. The molecule has 0 aliphatic rings. The van der Waals surface area contributed by atoms with Gasteiger partial charge in [-0.15, -0.1) is 0 Å². The zero-order valence-corrected chi connectivity index (χ0v) is 9.70. The lowest BCUT2D eigenvalue weighted by Gasteiger charge is -2.07. The summed E-state index contributed by atoms with van der Waals surface area (Å²) in [4.78, 5) is 0. The molecule has 0 unspecified atom stereocenters. The van der Waals surface area contributed by atoms with Crippen LogP contribution in [-0.2, 0) is 17.9 Å². The number of hydrogen-bond acceptors (Lipinski definition) is 2. The Labute approximate surface area is 92.4 Å². The van der Waals surface area contributed by atoms with E-state index in [0.717, 1.165) is 13.0 Å². The molecule has 1 aromatic carbocycles. The molecule has 2 N–H and O–H groups in total. The summed E-state index contributed by atoms with van der Waals surface area (Å²) in [5.74, 6) is 0.709. The van der Waals surface area contributed by atoms with Crippen molar-refractivity contribution in [2.45, 2.75) is 33.4 Å². The summed E-state index contributed by atoms with van der Waals surface area (Å²) >= 11 is 0. The summed E-state index contributed by atoms with van der Waals surface area (Å²) in [6.45, 7) is 6.54. The molecule has 0 aromatic heterocycles. The molecule has 2 heteroatoms. The second-order valence-electron chi connectivity index (χ2n) is 4.26. The van der Waals surface area contributed by atoms with Gasteiger partial charge in [-0.05, 0) is 23.5 Å². The minimum absolute atomic E-state index is 0.597. The van der Waals surface area contributed by atoms with Crippen molar-refractivity contribution < 1.29 is 4.74 Å². The van der Waals surface area contributed by atoms with Gasteiger partial charge in [-0.1, -0.05) is 38.1 Å². The number of hydrogen-bond donors (Lipinski definition) is 1. The number of benzene rings is 1. The van der Waals surface area contributed by atoms with E-state index in [2.05, 4.69) is 26.0 Å². The van der Waals surface area contributed by atoms with Crippen molar-refractivity contribution in [1.29, 1.82) is 0 Å². The number of ether oxygens (including phenoxy) is 1. The lowest BCUT2D eigenvalue weighted by molar-refractivity contribution is 0.110. The van der Waals surface area contributed by atoms with Crippen LogP contribution in [0.2, 0.25) is 0 Å². The fourth-order valence-corrected chi connectivity index (χ4v) is 1.36. The molecule has 0 aliphatic carbocycles. The third-order valence-electron chi connectivity index (χ3n) is 2.34. The maximum absolute atomic E-state index is 5.59. The molecule has 0 bridgehead atoms. The highest BCUT2D eigenvalue weighted by Crippen LogP contribution is 2.07. The maximum Gasteiger partial charge on any atom is 0.0716 e. The van der Waals surface area contributed by atoms with Crippen molar-refractivity contribution in [2.75, 3.05) is 6.61 Å². The fourth-order valence-electron chi connectivity index (χ4n) is 1.36. The predicted octanol–water partition coefficient (Wildman–Crippen LogP) is 2.71. The van der Waals surface area contributed by atoms with E-state index in [0.29, 0.717) is 19.1 Å². The smallest absolute Gasteiger partial charge is 0.0716 e. The van der Waals surface area contributed by atoms with Gasteiger partial charge in [0, 0.05) is 13.2 Å². The van der Waals surface area contributed by atoms with Crippen LogP contribution in [0.4, 0.5) is 0 Å². The molecule has 2 nitrogen and oxygen atoms in total.